The SMILES string of the molecule is CCCCCCCCc1ccccc1C=O. The van der Waals surface area contributed by atoms with Gasteiger partial charge in [-0.2, -0.15) is 0 Å². The van der Waals surface area contributed by atoms with E-state index in [0.717, 1.165) is 18.3 Å². The molecule has 1 aromatic carbocycles. The molecule has 0 N–H and O–H groups in total. The van der Waals surface area contributed by atoms with Gasteiger partial charge in [0.25, 0.3) is 0 Å². The van der Waals surface area contributed by atoms with Crippen molar-refractivity contribution in [2.75, 3.05) is 0 Å². The minimum Gasteiger partial charge on any atom is -0.298 e. The van der Waals surface area contributed by atoms with Gasteiger partial charge in [0.15, 0.2) is 0 Å². The summed E-state index contributed by atoms with van der Waals surface area (Å²) in [4.78, 5) is 10.8. The van der Waals surface area contributed by atoms with Crippen molar-refractivity contribution in [2.24, 2.45) is 0 Å². The van der Waals surface area contributed by atoms with Gasteiger partial charge >= 0.3 is 0 Å². The lowest BCUT2D eigenvalue weighted by molar-refractivity contribution is 0.112. The van der Waals surface area contributed by atoms with Crippen LogP contribution in [0.3, 0.4) is 0 Å². The second kappa shape index (κ2) is 8.09. The monoisotopic (exact) mass is 218 g/mol. The third-order valence-electron chi connectivity index (χ3n) is 2.98. The Morgan fingerprint density at radius 1 is 1.00 bits per heavy atom. The van der Waals surface area contributed by atoms with Crippen LogP contribution in [0.2, 0.25) is 0 Å². The van der Waals surface area contributed by atoms with E-state index < -0.39 is 0 Å². The van der Waals surface area contributed by atoms with E-state index in [4.69, 9.17) is 0 Å². The smallest absolute Gasteiger partial charge is 0.150 e. The highest BCUT2D eigenvalue weighted by molar-refractivity contribution is 5.77. The Hall–Kier alpha value is -1.11. The van der Waals surface area contributed by atoms with Crippen molar-refractivity contribution in [2.45, 2.75) is 51.9 Å². The maximum Gasteiger partial charge on any atom is 0.150 e. The van der Waals surface area contributed by atoms with Crippen LogP contribution < -0.4 is 0 Å². The van der Waals surface area contributed by atoms with E-state index in [1.165, 1.54) is 44.1 Å². The van der Waals surface area contributed by atoms with E-state index in [2.05, 4.69) is 13.0 Å². The Morgan fingerprint density at radius 2 is 1.69 bits per heavy atom. The van der Waals surface area contributed by atoms with Crippen LogP contribution in [0.25, 0.3) is 0 Å². The first-order valence-corrected chi connectivity index (χ1v) is 6.41. The van der Waals surface area contributed by atoms with E-state index in [-0.39, 0.29) is 0 Å². The number of rotatable bonds is 8. The molecule has 0 radical (unpaired) electrons. The molecule has 0 unspecified atom stereocenters. The molecular formula is C15H22O. The van der Waals surface area contributed by atoms with E-state index in [0.29, 0.717) is 0 Å². The molecule has 0 bridgehead atoms. The van der Waals surface area contributed by atoms with Gasteiger partial charge < -0.3 is 0 Å². The van der Waals surface area contributed by atoms with Gasteiger partial charge in [0.1, 0.15) is 6.29 Å². The van der Waals surface area contributed by atoms with Crippen molar-refractivity contribution in [3.8, 4) is 0 Å². The van der Waals surface area contributed by atoms with Crippen LogP contribution in [-0.4, -0.2) is 6.29 Å². The number of unbranched alkanes of at least 4 members (excludes halogenated alkanes) is 5. The maximum absolute atomic E-state index is 10.8. The normalized spacial score (nSPS) is 10.3. The summed E-state index contributed by atoms with van der Waals surface area (Å²) >= 11 is 0. The lowest BCUT2D eigenvalue weighted by atomic mass is 10.0. The fourth-order valence-corrected chi connectivity index (χ4v) is 1.97. The van der Waals surface area contributed by atoms with Gasteiger partial charge in [-0.15, -0.1) is 0 Å². The molecule has 1 rings (SSSR count). The van der Waals surface area contributed by atoms with Crippen LogP contribution in [0.4, 0.5) is 0 Å². The molecular weight excluding hydrogens is 196 g/mol. The molecule has 0 aliphatic carbocycles. The summed E-state index contributed by atoms with van der Waals surface area (Å²) in [6.45, 7) is 2.24. The van der Waals surface area contributed by atoms with Gasteiger partial charge in [0, 0.05) is 5.56 Å². The summed E-state index contributed by atoms with van der Waals surface area (Å²) in [6, 6.07) is 7.91. The number of carbonyl (C=O) groups is 1. The van der Waals surface area contributed by atoms with Crippen LogP contribution in [-0.2, 0) is 6.42 Å². The number of carbonyl (C=O) groups excluding carboxylic acids is 1. The molecule has 0 heterocycles. The van der Waals surface area contributed by atoms with Crippen molar-refractivity contribution in [1.29, 1.82) is 0 Å². The lowest BCUT2D eigenvalue weighted by Gasteiger charge is -2.04. The first-order valence-electron chi connectivity index (χ1n) is 6.41. The first kappa shape index (κ1) is 13.0. The molecule has 1 heteroatoms. The summed E-state index contributed by atoms with van der Waals surface area (Å²) < 4.78 is 0. The zero-order valence-corrected chi connectivity index (χ0v) is 10.2. The van der Waals surface area contributed by atoms with Crippen molar-refractivity contribution < 1.29 is 4.79 Å². The fourth-order valence-electron chi connectivity index (χ4n) is 1.97. The van der Waals surface area contributed by atoms with Crippen LogP contribution in [0.15, 0.2) is 24.3 Å². The molecule has 0 aromatic heterocycles. The minimum absolute atomic E-state index is 0.857. The van der Waals surface area contributed by atoms with Gasteiger partial charge in [-0.3, -0.25) is 4.79 Å². The molecule has 1 aromatic rings. The molecule has 0 saturated heterocycles. The largest absolute Gasteiger partial charge is 0.298 e. The third-order valence-corrected chi connectivity index (χ3v) is 2.98. The number of benzene rings is 1. The number of hydrogen-bond acceptors (Lipinski definition) is 1. The van der Waals surface area contributed by atoms with E-state index in [1.807, 2.05) is 18.2 Å². The van der Waals surface area contributed by atoms with E-state index >= 15 is 0 Å². The molecule has 88 valence electrons. The molecule has 16 heavy (non-hydrogen) atoms. The summed E-state index contributed by atoms with van der Waals surface area (Å²) in [5.41, 5.74) is 2.06. The topological polar surface area (TPSA) is 17.1 Å². The Bertz CT molecular complexity index is 304. The van der Waals surface area contributed by atoms with Crippen molar-refractivity contribution in [1.82, 2.24) is 0 Å². The molecule has 0 aliphatic rings. The fraction of sp³-hybridized carbons (Fsp3) is 0.533. The summed E-state index contributed by atoms with van der Waals surface area (Å²) in [5, 5.41) is 0. The molecule has 1 nitrogen and oxygen atoms in total. The number of aldehydes is 1. The standard InChI is InChI=1S/C15H22O/c1-2-3-4-5-6-7-10-14-11-8-9-12-15(14)13-16/h8-9,11-13H,2-7,10H2,1H3. The second-order valence-corrected chi connectivity index (χ2v) is 4.33. The zero-order chi connectivity index (χ0) is 11.6. The second-order valence-electron chi connectivity index (χ2n) is 4.33. The van der Waals surface area contributed by atoms with E-state index in [9.17, 15) is 4.79 Å². The molecule has 0 aliphatic heterocycles. The van der Waals surface area contributed by atoms with Crippen molar-refractivity contribution >= 4 is 6.29 Å². The third kappa shape index (κ3) is 4.61. The van der Waals surface area contributed by atoms with E-state index in [1.54, 1.807) is 0 Å². The van der Waals surface area contributed by atoms with Crippen LogP contribution in [0, 0.1) is 0 Å². The van der Waals surface area contributed by atoms with Crippen molar-refractivity contribution in [3.05, 3.63) is 35.4 Å². The lowest BCUT2D eigenvalue weighted by Crippen LogP contribution is -1.92. The Labute approximate surface area is 98.9 Å². The quantitative estimate of drug-likeness (QED) is 0.467. The van der Waals surface area contributed by atoms with Gasteiger partial charge in [0.05, 0.1) is 0 Å². The Morgan fingerprint density at radius 3 is 2.44 bits per heavy atom. The van der Waals surface area contributed by atoms with Crippen LogP contribution in [0.5, 0.6) is 0 Å². The van der Waals surface area contributed by atoms with Crippen LogP contribution in [0.1, 0.15) is 61.4 Å². The van der Waals surface area contributed by atoms with Gasteiger partial charge in [-0.1, -0.05) is 63.3 Å². The molecule has 0 amide bonds. The highest BCUT2D eigenvalue weighted by Crippen LogP contribution is 2.12. The Kier molecular flexibility index (Phi) is 6.55. The molecule has 0 saturated carbocycles. The number of hydrogen-bond donors (Lipinski definition) is 0. The molecule has 0 fully saturated rings. The van der Waals surface area contributed by atoms with Crippen LogP contribution >= 0.6 is 0 Å². The average molecular weight is 218 g/mol. The summed E-state index contributed by atoms with van der Waals surface area (Å²) in [6.07, 6.45) is 9.83. The van der Waals surface area contributed by atoms with Crippen molar-refractivity contribution in [3.63, 3.8) is 0 Å². The highest BCUT2D eigenvalue weighted by Gasteiger charge is 1.99. The van der Waals surface area contributed by atoms with Gasteiger partial charge in [-0.25, -0.2) is 0 Å². The Balaban J connectivity index is 2.23. The summed E-state index contributed by atoms with van der Waals surface area (Å²) in [5.74, 6) is 0. The predicted octanol–water partition coefficient (Wildman–Crippen LogP) is 4.40. The maximum atomic E-state index is 10.8. The zero-order valence-electron chi connectivity index (χ0n) is 10.2. The van der Waals surface area contributed by atoms with Gasteiger partial charge in [-0.05, 0) is 18.4 Å². The summed E-state index contributed by atoms with van der Waals surface area (Å²) in [7, 11) is 0. The van der Waals surface area contributed by atoms with Gasteiger partial charge in [0.2, 0.25) is 0 Å². The average Bonchev–Trinajstić information content (AvgIpc) is 2.34. The number of aryl methyl sites for hydroxylation is 1. The predicted molar refractivity (Wildman–Crippen MR) is 68.9 cm³/mol. The highest BCUT2D eigenvalue weighted by atomic mass is 16.1. The minimum atomic E-state index is 0.857. The molecule has 0 atom stereocenters. The molecule has 0 spiro atoms. The first-order chi connectivity index (χ1) is 7.88.